The average Bonchev–Trinajstić information content (AvgIpc) is 2.60. The molecule has 1 aromatic heterocycles. The predicted octanol–water partition coefficient (Wildman–Crippen LogP) is -1.40. The highest BCUT2D eigenvalue weighted by molar-refractivity contribution is 6.45. The maximum absolute atomic E-state index is 12.0. The summed E-state index contributed by atoms with van der Waals surface area (Å²) in [4.78, 5) is 26.5. The van der Waals surface area contributed by atoms with E-state index < -0.39 is 25.1 Å². The number of aliphatic carboxylic acids is 1. The van der Waals surface area contributed by atoms with Crippen LogP contribution in [0.15, 0.2) is 18.3 Å². The maximum atomic E-state index is 12.0. The molecule has 0 saturated carbocycles. The molecule has 1 fully saturated rings. The molecular formula is C13H18BN3O6. The van der Waals surface area contributed by atoms with Crippen LogP contribution in [-0.4, -0.2) is 59.4 Å². The van der Waals surface area contributed by atoms with E-state index in [1.165, 1.54) is 6.20 Å². The Bertz CT molecular complexity index is 572. The lowest BCUT2D eigenvalue weighted by molar-refractivity contribution is -0.139. The molecule has 1 amide bonds. The Morgan fingerprint density at radius 1 is 1.48 bits per heavy atom. The Hall–Kier alpha value is -2.17. The topological polar surface area (TPSA) is 144 Å². The van der Waals surface area contributed by atoms with E-state index in [0.29, 0.717) is 11.4 Å². The van der Waals surface area contributed by atoms with E-state index in [4.69, 9.17) is 20.2 Å². The van der Waals surface area contributed by atoms with Crippen LogP contribution in [0.2, 0.25) is 0 Å². The van der Waals surface area contributed by atoms with Gasteiger partial charge in [-0.05, 0) is 17.7 Å². The molecule has 5 N–H and O–H groups in total. The molecular weight excluding hydrogens is 305 g/mol. The lowest BCUT2D eigenvalue weighted by atomic mass is 9.79. The van der Waals surface area contributed by atoms with Crippen LogP contribution in [0.25, 0.3) is 0 Å². The number of carboxylic acids is 1. The van der Waals surface area contributed by atoms with Crippen LogP contribution in [0.4, 0.5) is 5.82 Å². The Morgan fingerprint density at radius 2 is 2.26 bits per heavy atom. The largest absolute Gasteiger partial charge is 0.481 e. The van der Waals surface area contributed by atoms with Crippen molar-refractivity contribution in [2.45, 2.75) is 24.9 Å². The molecule has 10 heteroatoms. The summed E-state index contributed by atoms with van der Waals surface area (Å²) in [6.07, 6.45) is 0.522. The molecule has 0 aromatic carbocycles. The average molecular weight is 323 g/mol. The van der Waals surface area contributed by atoms with Crippen molar-refractivity contribution in [2.24, 2.45) is 0 Å². The summed E-state index contributed by atoms with van der Waals surface area (Å²) in [6.45, 7) is 0.0676. The van der Waals surface area contributed by atoms with E-state index in [1.54, 1.807) is 12.1 Å². The molecule has 2 heterocycles. The van der Waals surface area contributed by atoms with E-state index in [-0.39, 0.29) is 32.0 Å². The number of carbonyl (C=O) groups is 2. The smallest absolute Gasteiger partial charge is 0.480 e. The first kappa shape index (κ1) is 17.2. The molecule has 0 aliphatic carbocycles. The van der Waals surface area contributed by atoms with Crippen LogP contribution in [0.1, 0.15) is 12.0 Å². The number of nitrogens with one attached hydrogen (secondary N) is 1. The van der Waals surface area contributed by atoms with Crippen molar-refractivity contribution in [2.75, 3.05) is 18.9 Å². The fraction of sp³-hybridized carbons (Fsp3) is 0.462. The second kappa shape index (κ2) is 7.91. The number of carbonyl (C=O) groups excluding carboxylic acids is 1. The zero-order chi connectivity index (χ0) is 16.8. The summed E-state index contributed by atoms with van der Waals surface area (Å²) in [6, 6.07) is 3.24. The third kappa shape index (κ3) is 5.51. The fourth-order valence-electron chi connectivity index (χ4n) is 2.20. The van der Waals surface area contributed by atoms with Gasteiger partial charge < -0.3 is 30.6 Å². The van der Waals surface area contributed by atoms with E-state index in [1.807, 2.05) is 0 Å². The standard InChI is InChI=1S/C13H18BN3O6/c15-11-3-8(1-2-16-11)4-12(18)17-10-7-22-6-9(5-13(19)20)23-14(10)21/h1-3,9-10,21H,4-7H2,(H2,15,16)(H,17,18)(H,19,20). The third-order valence-corrected chi connectivity index (χ3v) is 3.24. The minimum atomic E-state index is -1.34. The van der Waals surface area contributed by atoms with Crippen LogP contribution in [0.3, 0.4) is 0 Å². The molecule has 2 rings (SSSR count). The maximum Gasteiger partial charge on any atom is 0.480 e. The number of pyridine rings is 1. The minimum Gasteiger partial charge on any atom is -0.481 e. The van der Waals surface area contributed by atoms with Crippen molar-refractivity contribution >= 4 is 24.8 Å². The first-order valence-corrected chi connectivity index (χ1v) is 7.07. The molecule has 2 atom stereocenters. The van der Waals surface area contributed by atoms with Crippen LogP contribution in [0, 0.1) is 0 Å². The molecule has 1 aliphatic rings. The quantitative estimate of drug-likeness (QED) is 0.484. The number of anilines is 1. The summed E-state index contributed by atoms with van der Waals surface area (Å²) in [7, 11) is -1.34. The van der Waals surface area contributed by atoms with Gasteiger partial charge in [0, 0.05) is 6.20 Å². The highest BCUT2D eigenvalue weighted by atomic mass is 16.6. The Balaban J connectivity index is 1.88. The van der Waals surface area contributed by atoms with Gasteiger partial charge in [0.2, 0.25) is 5.91 Å². The van der Waals surface area contributed by atoms with Crippen molar-refractivity contribution in [3.05, 3.63) is 23.9 Å². The normalized spacial score (nSPS) is 21.5. The van der Waals surface area contributed by atoms with Gasteiger partial charge in [-0.1, -0.05) is 0 Å². The second-order valence-corrected chi connectivity index (χ2v) is 5.22. The number of rotatable bonds is 5. The number of nitrogen functional groups attached to an aromatic ring is 1. The number of amides is 1. The molecule has 1 aromatic rings. The zero-order valence-electron chi connectivity index (χ0n) is 12.3. The van der Waals surface area contributed by atoms with E-state index in [9.17, 15) is 14.6 Å². The molecule has 2 unspecified atom stereocenters. The first-order valence-electron chi connectivity index (χ1n) is 7.07. The molecule has 9 nitrogen and oxygen atoms in total. The summed E-state index contributed by atoms with van der Waals surface area (Å²) in [5, 5.41) is 21.3. The molecule has 23 heavy (non-hydrogen) atoms. The van der Waals surface area contributed by atoms with E-state index in [2.05, 4.69) is 10.3 Å². The van der Waals surface area contributed by atoms with Gasteiger partial charge in [-0.3, -0.25) is 9.59 Å². The number of hydrogen-bond acceptors (Lipinski definition) is 7. The number of aromatic nitrogens is 1. The molecule has 0 bridgehead atoms. The Labute approximate surface area is 132 Å². The monoisotopic (exact) mass is 323 g/mol. The molecule has 1 aliphatic heterocycles. The summed E-state index contributed by atoms with van der Waals surface area (Å²) in [5.41, 5.74) is 6.23. The first-order chi connectivity index (χ1) is 10.9. The van der Waals surface area contributed by atoms with Crippen LogP contribution in [-0.2, 0) is 25.4 Å². The number of nitrogens with two attached hydrogens (primary N) is 1. The van der Waals surface area contributed by atoms with Gasteiger partial charge in [0.15, 0.2) is 0 Å². The SMILES string of the molecule is Nc1cc(CC(=O)NC2COCC(CC(=O)O)OB2O)ccn1. The van der Waals surface area contributed by atoms with Gasteiger partial charge in [-0.25, -0.2) is 4.98 Å². The number of nitrogens with zero attached hydrogens (tertiary/aromatic N) is 1. The molecule has 1 saturated heterocycles. The van der Waals surface area contributed by atoms with Crippen LogP contribution >= 0.6 is 0 Å². The van der Waals surface area contributed by atoms with Gasteiger partial charge in [0.05, 0.1) is 38.1 Å². The lowest BCUT2D eigenvalue weighted by Gasteiger charge is -2.18. The van der Waals surface area contributed by atoms with Gasteiger partial charge in [-0.2, -0.15) is 0 Å². The second-order valence-electron chi connectivity index (χ2n) is 5.22. The minimum absolute atomic E-state index is 0.0293. The van der Waals surface area contributed by atoms with Crippen LogP contribution in [0.5, 0.6) is 0 Å². The molecule has 0 radical (unpaired) electrons. The Kier molecular flexibility index (Phi) is 5.91. The van der Waals surface area contributed by atoms with Crippen molar-refractivity contribution in [3.63, 3.8) is 0 Å². The van der Waals surface area contributed by atoms with Gasteiger partial charge in [0.1, 0.15) is 5.82 Å². The summed E-state index contributed by atoms with van der Waals surface area (Å²) in [5.74, 6) is -1.86. The van der Waals surface area contributed by atoms with Crippen molar-refractivity contribution in [1.82, 2.24) is 10.3 Å². The number of ether oxygens (including phenoxy) is 1. The molecule has 124 valence electrons. The lowest BCUT2D eigenvalue weighted by Crippen LogP contribution is -2.50. The third-order valence-electron chi connectivity index (χ3n) is 3.24. The highest BCUT2D eigenvalue weighted by Crippen LogP contribution is 2.10. The van der Waals surface area contributed by atoms with E-state index in [0.717, 1.165) is 0 Å². The van der Waals surface area contributed by atoms with Gasteiger partial charge >= 0.3 is 13.1 Å². The van der Waals surface area contributed by atoms with Crippen molar-refractivity contribution in [1.29, 1.82) is 0 Å². The summed E-state index contributed by atoms with van der Waals surface area (Å²) >= 11 is 0. The highest BCUT2D eigenvalue weighted by Gasteiger charge is 2.35. The van der Waals surface area contributed by atoms with Crippen LogP contribution < -0.4 is 11.1 Å². The van der Waals surface area contributed by atoms with E-state index >= 15 is 0 Å². The Morgan fingerprint density at radius 3 is 2.96 bits per heavy atom. The van der Waals surface area contributed by atoms with Gasteiger partial charge in [-0.15, -0.1) is 0 Å². The van der Waals surface area contributed by atoms with Crippen molar-refractivity contribution in [3.8, 4) is 0 Å². The van der Waals surface area contributed by atoms with Gasteiger partial charge in [0.25, 0.3) is 0 Å². The zero-order valence-corrected chi connectivity index (χ0v) is 12.3. The van der Waals surface area contributed by atoms with Crippen molar-refractivity contribution < 1.29 is 29.1 Å². The summed E-state index contributed by atoms with van der Waals surface area (Å²) < 4.78 is 10.5. The predicted molar refractivity (Wildman–Crippen MR) is 80.2 cm³/mol. The fourth-order valence-corrected chi connectivity index (χ4v) is 2.20. The molecule has 0 spiro atoms. The number of carboxylic acid groups (broad SMARTS) is 1. The number of hydrogen-bond donors (Lipinski definition) is 4.